The monoisotopic (exact) mass is 383 g/mol. The van der Waals surface area contributed by atoms with Gasteiger partial charge >= 0.3 is 0 Å². The molecule has 2 rings (SSSR count). The van der Waals surface area contributed by atoms with Gasteiger partial charge in [0.2, 0.25) is 0 Å². The largest absolute Gasteiger partial charge is 0.508 e. The number of aliphatic hydroxyl groups excluding tert-OH is 2. The Morgan fingerprint density at radius 3 is 2.08 bits per heavy atom. The molecule has 0 aliphatic rings. The molecule has 0 saturated carbocycles. The summed E-state index contributed by atoms with van der Waals surface area (Å²) in [4.78, 5) is 0. The van der Waals surface area contributed by atoms with Gasteiger partial charge in [-0.15, -0.1) is 0 Å². The summed E-state index contributed by atoms with van der Waals surface area (Å²) in [5, 5.41) is 30.4. The van der Waals surface area contributed by atoms with Crippen LogP contribution in [0.4, 0.5) is 10.1 Å². The van der Waals surface area contributed by atoms with Crippen molar-refractivity contribution in [1.29, 1.82) is 0 Å². The first-order chi connectivity index (χ1) is 12.2. The lowest BCUT2D eigenvalue weighted by atomic mass is 9.95. The Morgan fingerprint density at radius 2 is 1.50 bits per heavy atom. The molecule has 0 bridgehead atoms. The number of nitrogen functional groups attached to an aromatic ring is 1. The zero-order valence-corrected chi connectivity index (χ0v) is 16.3. The first-order valence-corrected chi connectivity index (χ1v) is 8.99. The fourth-order valence-corrected chi connectivity index (χ4v) is 2.83. The first-order valence-electron chi connectivity index (χ1n) is 8.61. The molecule has 5 N–H and O–H groups in total. The third kappa shape index (κ3) is 5.34. The number of nitrogens with two attached hydrogens (primary N) is 1. The van der Waals surface area contributed by atoms with E-state index in [0.717, 1.165) is 17.2 Å². The van der Waals surface area contributed by atoms with Crippen LogP contribution >= 0.6 is 11.6 Å². The third-order valence-corrected chi connectivity index (χ3v) is 4.46. The van der Waals surface area contributed by atoms with Gasteiger partial charge in [-0.05, 0) is 61.6 Å². The van der Waals surface area contributed by atoms with Gasteiger partial charge in [-0.2, -0.15) is 0 Å². The van der Waals surface area contributed by atoms with Gasteiger partial charge in [0.15, 0.2) is 0 Å². The molecule has 2 unspecified atom stereocenters. The Bertz CT molecular complexity index is 689. The lowest BCUT2D eigenvalue weighted by Crippen LogP contribution is -2.07. The number of hydrogen-bond acceptors (Lipinski definition) is 4. The Kier molecular flexibility index (Phi) is 8.34. The van der Waals surface area contributed by atoms with Gasteiger partial charge in [0.05, 0.1) is 22.9 Å². The predicted octanol–water partition coefficient (Wildman–Crippen LogP) is 4.96. The maximum Gasteiger partial charge on any atom is 0.130 e. The minimum atomic E-state index is -1.11. The molecule has 0 aromatic heterocycles. The number of aromatic hydroxyl groups is 1. The molecular formula is C20H27ClFNO3. The molecule has 0 aliphatic heterocycles. The van der Waals surface area contributed by atoms with E-state index in [1.165, 1.54) is 12.1 Å². The van der Waals surface area contributed by atoms with Gasteiger partial charge in [0, 0.05) is 5.56 Å². The molecule has 26 heavy (non-hydrogen) atoms. The van der Waals surface area contributed by atoms with Crippen LogP contribution < -0.4 is 5.73 Å². The van der Waals surface area contributed by atoms with Gasteiger partial charge < -0.3 is 21.1 Å². The maximum atomic E-state index is 13.9. The van der Waals surface area contributed by atoms with Gasteiger partial charge in [-0.25, -0.2) is 4.39 Å². The maximum absolute atomic E-state index is 13.9. The van der Waals surface area contributed by atoms with Crippen molar-refractivity contribution in [3.8, 4) is 5.75 Å². The van der Waals surface area contributed by atoms with Crippen molar-refractivity contribution in [1.82, 2.24) is 0 Å². The number of hydrogen-bond donors (Lipinski definition) is 4. The molecule has 6 heteroatoms. The number of phenolic OH excluding ortho intramolecular Hbond substituents is 1. The normalized spacial score (nSPS) is 12.9. The van der Waals surface area contributed by atoms with Crippen molar-refractivity contribution >= 4 is 17.3 Å². The fourth-order valence-electron chi connectivity index (χ4n) is 2.68. The van der Waals surface area contributed by atoms with E-state index in [4.69, 9.17) is 17.3 Å². The van der Waals surface area contributed by atoms with Crippen molar-refractivity contribution < 1.29 is 19.7 Å². The highest BCUT2D eigenvalue weighted by atomic mass is 35.5. The molecule has 0 fully saturated rings. The van der Waals surface area contributed by atoms with E-state index in [1.54, 1.807) is 13.0 Å². The van der Waals surface area contributed by atoms with Crippen molar-refractivity contribution in [3.63, 3.8) is 0 Å². The summed E-state index contributed by atoms with van der Waals surface area (Å²) in [7, 11) is 0. The third-order valence-electron chi connectivity index (χ3n) is 4.13. The highest BCUT2D eigenvalue weighted by Crippen LogP contribution is 2.33. The predicted molar refractivity (Wildman–Crippen MR) is 104 cm³/mol. The van der Waals surface area contributed by atoms with Crippen LogP contribution in [0.25, 0.3) is 0 Å². The standard InChI is InChI=1S/C18H21ClFNO3.C2H6/c1-9-5-10(2)18(24)7-11(9)16(22)3-4-17(23)12-6-15(21)13(19)8-14(12)20;1-2/h5-8,16-17,22-24H,3-4,21H2,1-2H3;1-2H3. The number of anilines is 1. The van der Waals surface area contributed by atoms with Crippen molar-refractivity contribution in [2.24, 2.45) is 0 Å². The van der Waals surface area contributed by atoms with Crippen molar-refractivity contribution in [2.75, 3.05) is 5.73 Å². The second-order valence-electron chi connectivity index (χ2n) is 6.00. The van der Waals surface area contributed by atoms with E-state index < -0.39 is 18.0 Å². The summed E-state index contributed by atoms with van der Waals surface area (Å²) >= 11 is 5.73. The van der Waals surface area contributed by atoms with E-state index in [1.807, 2.05) is 20.8 Å². The summed E-state index contributed by atoms with van der Waals surface area (Å²) in [6.45, 7) is 7.61. The van der Waals surface area contributed by atoms with Crippen LogP contribution in [0.1, 0.15) is 61.2 Å². The van der Waals surface area contributed by atoms with Crippen LogP contribution in [0.3, 0.4) is 0 Å². The molecule has 0 radical (unpaired) electrons. The van der Waals surface area contributed by atoms with Gasteiger partial charge in [-0.3, -0.25) is 0 Å². The SMILES string of the molecule is CC.Cc1cc(C)c(C(O)CCC(O)c2cc(N)c(Cl)cc2F)cc1O. The number of benzene rings is 2. The van der Waals surface area contributed by atoms with Gasteiger partial charge in [-0.1, -0.05) is 31.5 Å². The molecule has 2 atom stereocenters. The van der Waals surface area contributed by atoms with Gasteiger partial charge in [0.1, 0.15) is 11.6 Å². The summed E-state index contributed by atoms with van der Waals surface area (Å²) in [5.41, 5.74) is 8.02. The van der Waals surface area contributed by atoms with Crippen LogP contribution in [0, 0.1) is 19.7 Å². The summed E-state index contributed by atoms with van der Waals surface area (Å²) in [5.74, 6) is -0.535. The molecular weight excluding hydrogens is 357 g/mol. The summed E-state index contributed by atoms with van der Waals surface area (Å²) < 4.78 is 13.9. The fraction of sp³-hybridized carbons (Fsp3) is 0.400. The molecule has 2 aromatic rings. The second kappa shape index (κ2) is 9.76. The number of rotatable bonds is 5. The zero-order chi connectivity index (χ0) is 20.0. The number of aryl methyl sites for hydroxylation is 2. The number of halogens is 2. The molecule has 0 amide bonds. The molecule has 4 nitrogen and oxygen atoms in total. The zero-order valence-electron chi connectivity index (χ0n) is 15.6. The minimum Gasteiger partial charge on any atom is -0.508 e. The smallest absolute Gasteiger partial charge is 0.130 e. The average molecular weight is 384 g/mol. The molecule has 0 saturated heterocycles. The number of phenols is 1. The molecule has 144 valence electrons. The Balaban J connectivity index is 0.00000163. The van der Waals surface area contributed by atoms with E-state index in [2.05, 4.69) is 0 Å². The molecule has 0 heterocycles. The quantitative estimate of drug-likeness (QED) is 0.550. The highest BCUT2D eigenvalue weighted by molar-refractivity contribution is 6.33. The average Bonchev–Trinajstić information content (AvgIpc) is 2.60. The van der Waals surface area contributed by atoms with Gasteiger partial charge in [0.25, 0.3) is 0 Å². The van der Waals surface area contributed by atoms with E-state index >= 15 is 0 Å². The van der Waals surface area contributed by atoms with E-state index in [9.17, 15) is 19.7 Å². The van der Waals surface area contributed by atoms with Crippen molar-refractivity contribution in [2.45, 2.75) is 52.7 Å². The molecule has 0 spiro atoms. The van der Waals surface area contributed by atoms with Crippen LogP contribution in [-0.2, 0) is 0 Å². The van der Waals surface area contributed by atoms with Crippen molar-refractivity contribution in [3.05, 3.63) is 57.4 Å². The Labute approximate surface area is 159 Å². The number of aliphatic hydroxyl groups is 2. The van der Waals surface area contributed by atoms with Crippen LogP contribution in [0.5, 0.6) is 5.75 Å². The molecule has 0 aliphatic carbocycles. The van der Waals surface area contributed by atoms with Crippen LogP contribution in [-0.4, -0.2) is 15.3 Å². The summed E-state index contributed by atoms with van der Waals surface area (Å²) in [6, 6.07) is 5.66. The first kappa shape index (κ1) is 22.2. The molecule has 2 aromatic carbocycles. The summed E-state index contributed by atoms with van der Waals surface area (Å²) in [6.07, 6.45) is -1.66. The highest BCUT2D eigenvalue weighted by Gasteiger charge is 2.19. The van der Waals surface area contributed by atoms with E-state index in [0.29, 0.717) is 5.56 Å². The minimum absolute atomic E-state index is 0.0487. The van der Waals surface area contributed by atoms with E-state index in [-0.39, 0.29) is 34.9 Å². The second-order valence-corrected chi connectivity index (χ2v) is 6.41. The van der Waals surface area contributed by atoms with Crippen LogP contribution in [0.2, 0.25) is 5.02 Å². The Hall–Kier alpha value is -1.82. The topological polar surface area (TPSA) is 86.7 Å². The lowest BCUT2D eigenvalue weighted by Gasteiger charge is -2.18. The lowest BCUT2D eigenvalue weighted by molar-refractivity contribution is 0.112. The Morgan fingerprint density at radius 1 is 0.962 bits per heavy atom. The van der Waals surface area contributed by atoms with Crippen LogP contribution in [0.15, 0.2) is 24.3 Å².